The number of carbonyl (C=O) groups excluding carboxylic acids is 4. The zero-order valence-electron chi connectivity index (χ0n) is 23.9. The quantitative estimate of drug-likeness (QED) is 0.105. The van der Waals surface area contributed by atoms with Crippen molar-refractivity contribution in [1.82, 2.24) is 0 Å². The van der Waals surface area contributed by atoms with Crippen molar-refractivity contribution in [3.8, 4) is 0 Å². The third kappa shape index (κ3) is 9.39. The lowest BCUT2D eigenvalue weighted by atomic mass is 9.99. The molecule has 0 aliphatic carbocycles. The summed E-state index contributed by atoms with van der Waals surface area (Å²) in [6.07, 6.45) is -5.67. The lowest BCUT2D eigenvalue weighted by molar-refractivity contribution is -0.397. The Morgan fingerprint density at radius 3 is 1.86 bits per heavy atom. The third-order valence-corrected chi connectivity index (χ3v) is 8.17. The molecular formula is C27H28N2O13S2. The average molecular weight is 653 g/mol. The fourth-order valence-electron chi connectivity index (χ4n) is 4.18. The van der Waals surface area contributed by atoms with Crippen LogP contribution >= 0.6 is 23.5 Å². The molecule has 1 aliphatic heterocycles. The highest BCUT2D eigenvalue weighted by atomic mass is 32.2. The van der Waals surface area contributed by atoms with E-state index in [4.69, 9.17) is 23.7 Å². The van der Waals surface area contributed by atoms with Gasteiger partial charge < -0.3 is 23.7 Å². The van der Waals surface area contributed by atoms with Crippen molar-refractivity contribution in [2.45, 2.75) is 73.1 Å². The van der Waals surface area contributed by atoms with Crippen molar-refractivity contribution >= 4 is 58.8 Å². The van der Waals surface area contributed by atoms with Crippen molar-refractivity contribution in [2.75, 3.05) is 6.61 Å². The number of carbonyl (C=O) groups is 4. The van der Waals surface area contributed by atoms with Crippen molar-refractivity contribution in [3.63, 3.8) is 0 Å². The molecule has 0 saturated carbocycles. The van der Waals surface area contributed by atoms with Gasteiger partial charge in [-0.2, -0.15) is 0 Å². The molecule has 44 heavy (non-hydrogen) atoms. The van der Waals surface area contributed by atoms with Crippen LogP contribution in [-0.2, 0) is 48.6 Å². The number of rotatable bonds is 12. The fourth-order valence-corrected chi connectivity index (χ4v) is 6.48. The van der Waals surface area contributed by atoms with E-state index in [1.165, 1.54) is 6.07 Å². The van der Waals surface area contributed by atoms with E-state index in [-0.39, 0.29) is 9.79 Å². The van der Waals surface area contributed by atoms with E-state index in [0.29, 0.717) is 17.5 Å². The van der Waals surface area contributed by atoms with Crippen LogP contribution in [0.5, 0.6) is 0 Å². The summed E-state index contributed by atoms with van der Waals surface area (Å²) >= 11 is 1.74. The van der Waals surface area contributed by atoms with E-state index in [1.54, 1.807) is 12.1 Å². The molecule has 2 aromatic carbocycles. The summed E-state index contributed by atoms with van der Waals surface area (Å²) < 4.78 is 27.3. The minimum Gasteiger partial charge on any atom is -0.463 e. The lowest BCUT2D eigenvalue weighted by Crippen LogP contribution is -2.61. The molecule has 1 fully saturated rings. The van der Waals surface area contributed by atoms with E-state index >= 15 is 0 Å². The van der Waals surface area contributed by atoms with Crippen LogP contribution in [0.15, 0.2) is 52.3 Å². The van der Waals surface area contributed by atoms with E-state index < -0.39 is 81.6 Å². The summed E-state index contributed by atoms with van der Waals surface area (Å²) in [5.41, 5.74) is -1.66. The first-order valence-electron chi connectivity index (χ1n) is 12.9. The number of ether oxygens (including phenoxy) is 5. The minimum absolute atomic E-state index is 0.0999. The summed E-state index contributed by atoms with van der Waals surface area (Å²) in [6, 6.07) is 11.1. The predicted octanol–water partition coefficient (Wildman–Crippen LogP) is 3.97. The Morgan fingerprint density at radius 1 is 0.773 bits per heavy atom. The van der Waals surface area contributed by atoms with Gasteiger partial charge in [0.2, 0.25) is 0 Å². The number of benzene rings is 2. The highest BCUT2D eigenvalue weighted by molar-refractivity contribution is 8.00. The lowest BCUT2D eigenvalue weighted by Gasteiger charge is -2.44. The first-order valence-corrected chi connectivity index (χ1v) is 14.7. The predicted molar refractivity (Wildman–Crippen MR) is 154 cm³/mol. The van der Waals surface area contributed by atoms with Gasteiger partial charge in [0.1, 0.15) is 18.1 Å². The molecule has 1 aliphatic rings. The highest BCUT2D eigenvalue weighted by Gasteiger charge is 2.53. The van der Waals surface area contributed by atoms with Gasteiger partial charge in [0, 0.05) is 33.4 Å². The van der Waals surface area contributed by atoms with Gasteiger partial charge >= 0.3 is 23.9 Å². The summed E-state index contributed by atoms with van der Waals surface area (Å²) in [6.45, 7) is 3.83. The fraction of sp³-hybridized carbons (Fsp3) is 0.407. The smallest absolute Gasteiger partial charge is 0.303 e. The van der Waals surface area contributed by atoms with Crippen LogP contribution in [0.25, 0.3) is 0 Å². The Bertz CT molecular complexity index is 1420. The maximum absolute atomic E-state index is 12.1. The molecule has 0 amide bonds. The molecule has 1 saturated heterocycles. The van der Waals surface area contributed by atoms with Gasteiger partial charge in [0.25, 0.3) is 11.4 Å². The van der Waals surface area contributed by atoms with Crippen LogP contribution in [0.3, 0.4) is 0 Å². The van der Waals surface area contributed by atoms with Gasteiger partial charge in [-0.1, -0.05) is 42.1 Å². The molecule has 0 N–H and O–H groups in total. The standard InChI is InChI=1S/C27H28N2O13S2/c1-14(30)38-12-21-24(39-15(2)31)25(40-16(3)32)26(41-17(4)33)27(42-21)44-23-11-22(43-13-18-8-6-5-7-9-18)19(28(34)35)10-20(23)29(36)37/h5-11,21,24-27H,12-13H2,1-4H3/t21-,24+,25+,26-,27+/m1/s1. The number of nitro groups is 2. The molecule has 0 radical (unpaired) electrons. The number of esters is 4. The molecule has 0 spiro atoms. The van der Waals surface area contributed by atoms with Gasteiger partial charge in [0.15, 0.2) is 18.3 Å². The monoisotopic (exact) mass is 652 g/mol. The summed E-state index contributed by atoms with van der Waals surface area (Å²) in [7, 11) is 0. The van der Waals surface area contributed by atoms with Crippen LogP contribution in [0.1, 0.15) is 33.3 Å². The summed E-state index contributed by atoms with van der Waals surface area (Å²) in [5.74, 6) is -2.91. The molecule has 2 aromatic rings. The van der Waals surface area contributed by atoms with E-state index in [2.05, 4.69) is 0 Å². The van der Waals surface area contributed by atoms with Crippen LogP contribution in [0.2, 0.25) is 0 Å². The molecular weight excluding hydrogens is 624 g/mol. The molecule has 3 rings (SSSR count). The first kappa shape index (κ1) is 34.3. The number of nitrogens with zero attached hydrogens (tertiary/aromatic N) is 2. The highest BCUT2D eigenvalue weighted by Crippen LogP contribution is 2.45. The van der Waals surface area contributed by atoms with E-state index in [0.717, 1.165) is 51.1 Å². The molecule has 17 heteroatoms. The second-order valence-electron chi connectivity index (χ2n) is 9.26. The Kier molecular flexibility index (Phi) is 12.1. The Hall–Kier alpha value is -4.22. The van der Waals surface area contributed by atoms with Crippen molar-refractivity contribution in [2.24, 2.45) is 0 Å². The average Bonchev–Trinajstić information content (AvgIpc) is 2.93. The molecule has 0 unspecified atom stereocenters. The Labute approximate surface area is 259 Å². The van der Waals surface area contributed by atoms with Gasteiger partial charge in [-0.25, -0.2) is 0 Å². The second-order valence-corrected chi connectivity index (χ2v) is 11.4. The number of hydrogen-bond acceptors (Lipinski definition) is 15. The SMILES string of the molecule is CC(=O)OC[C@H]1O[C@@H](Sc2cc(SCc3ccccc3)c([N+](=O)[O-])cc2[N+](=O)[O-])[C@H](OC(C)=O)[C@@H](OC(C)=O)[C@H]1OC(C)=O. The van der Waals surface area contributed by atoms with E-state index in [1.807, 2.05) is 18.2 Å². The normalized spacial score (nSPS) is 21.0. The first-order chi connectivity index (χ1) is 20.8. The minimum atomic E-state index is -1.49. The molecule has 236 valence electrons. The maximum atomic E-state index is 12.1. The summed E-state index contributed by atoms with van der Waals surface area (Å²) in [5, 5.41) is 23.9. The number of nitro benzene ring substituents is 2. The van der Waals surface area contributed by atoms with Gasteiger partial charge in [-0.05, 0) is 11.6 Å². The zero-order valence-corrected chi connectivity index (χ0v) is 25.5. The molecule has 1 heterocycles. The number of hydrogen-bond donors (Lipinski definition) is 0. The third-order valence-electron chi connectivity index (χ3n) is 5.86. The Morgan fingerprint density at radius 2 is 1.32 bits per heavy atom. The topological polar surface area (TPSA) is 201 Å². The van der Waals surface area contributed by atoms with Gasteiger partial charge in [-0.15, -0.1) is 11.8 Å². The maximum Gasteiger partial charge on any atom is 0.303 e. The van der Waals surface area contributed by atoms with Crippen LogP contribution in [-0.4, -0.2) is 70.2 Å². The van der Waals surface area contributed by atoms with Crippen LogP contribution < -0.4 is 0 Å². The van der Waals surface area contributed by atoms with Gasteiger partial charge in [0.05, 0.1) is 25.7 Å². The van der Waals surface area contributed by atoms with Crippen LogP contribution in [0.4, 0.5) is 11.4 Å². The zero-order chi connectivity index (χ0) is 32.6. The van der Waals surface area contributed by atoms with Gasteiger partial charge in [-0.3, -0.25) is 39.4 Å². The molecule has 5 atom stereocenters. The van der Waals surface area contributed by atoms with Crippen LogP contribution in [0, 0.1) is 20.2 Å². The van der Waals surface area contributed by atoms with Crippen molar-refractivity contribution in [3.05, 3.63) is 68.3 Å². The van der Waals surface area contributed by atoms with E-state index in [9.17, 15) is 39.4 Å². The van der Waals surface area contributed by atoms with Crippen molar-refractivity contribution < 1.29 is 52.7 Å². The second kappa shape index (κ2) is 15.5. The number of thioether (sulfide) groups is 2. The molecule has 0 aromatic heterocycles. The molecule has 0 bridgehead atoms. The molecule has 15 nitrogen and oxygen atoms in total. The van der Waals surface area contributed by atoms with Crippen molar-refractivity contribution in [1.29, 1.82) is 0 Å². The largest absolute Gasteiger partial charge is 0.463 e. The summed E-state index contributed by atoms with van der Waals surface area (Å²) in [4.78, 5) is 70.2. The Balaban J connectivity index is 2.11.